The molecule has 0 atom stereocenters. The highest BCUT2D eigenvalue weighted by Crippen LogP contribution is 2.22. The monoisotopic (exact) mass is 282 g/mol. The molecule has 0 unspecified atom stereocenters. The molecule has 20 heavy (non-hydrogen) atoms. The van der Waals surface area contributed by atoms with Gasteiger partial charge in [0.2, 0.25) is 0 Å². The molecule has 1 aromatic rings. The van der Waals surface area contributed by atoms with Crippen LogP contribution in [0.4, 0.5) is 5.69 Å². The number of ether oxygens (including phenoxy) is 3. The summed E-state index contributed by atoms with van der Waals surface area (Å²) in [5, 5.41) is 2.60. The molecule has 1 aromatic carbocycles. The van der Waals surface area contributed by atoms with E-state index in [1.54, 1.807) is 13.2 Å². The molecule has 0 bridgehead atoms. The summed E-state index contributed by atoms with van der Waals surface area (Å²) >= 11 is 0. The second kappa shape index (κ2) is 8.00. The topological polar surface area (TPSA) is 99.9 Å². The van der Waals surface area contributed by atoms with Crippen molar-refractivity contribution in [2.75, 3.05) is 39.7 Å². The van der Waals surface area contributed by atoms with Crippen LogP contribution >= 0.6 is 0 Å². The highest BCUT2D eigenvalue weighted by atomic mass is 16.5. The van der Waals surface area contributed by atoms with E-state index in [4.69, 9.17) is 15.2 Å². The SMILES string of the molecule is COCCNC(=O)COc1ccc(N)cc1C(=O)OC. The summed E-state index contributed by atoms with van der Waals surface area (Å²) in [5.41, 5.74) is 6.18. The van der Waals surface area contributed by atoms with Crippen LogP contribution in [0.1, 0.15) is 10.4 Å². The number of anilines is 1. The zero-order valence-electron chi connectivity index (χ0n) is 11.5. The lowest BCUT2D eigenvalue weighted by Crippen LogP contribution is -2.31. The van der Waals surface area contributed by atoms with E-state index in [0.29, 0.717) is 18.8 Å². The maximum absolute atomic E-state index is 11.6. The minimum atomic E-state index is -0.577. The van der Waals surface area contributed by atoms with Crippen molar-refractivity contribution in [3.05, 3.63) is 23.8 Å². The predicted octanol–water partition coefficient (Wildman–Crippen LogP) is 0.197. The number of esters is 1. The van der Waals surface area contributed by atoms with Crippen molar-refractivity contribution in [2.24, 2.45) is 0 Å². The Balaban J connectivity index is 2.63. The standard InChI is InChI=1S/C13H18N2O5/c1-18-6-5-15-12(16)8-20-11-4-3-9(14)7-10(11)13(17)19-2/h3-4,7H,5-6,8,14H2,1-2H3,(H,15,16). The predicted molar refractivity (Wildman–Crippen MR) is 72.6 cm³/mol. The van der Waals surface area contributed by atoms with Gasteiger partial charge < -0.3 is 25.3 Å². The fourth-order valence-corrected chi connectivity index (χ4v) is 1.43. The van der Waals surface area contributed by atoms with Gasteiger partial charge in [0, 0.05) is 19.3 Å². The zero-order chi connectivity index (χ0) is 15.0. The summed E-state index contributed by atoms with van der Waals surface area (Å²) in [7, 11) is 2.80. The fraction of sp³-hybridized carbons (Fsp3) is 0.385. The van der Waals surface area contributed by atoms with E-state index < -0.39 is 5.97 Å². The first kappa shape index (κ1) is 15.8. The number of hydrogen-bond donors (Lipinski definition) is 2. The number of nitrogen functional groups attached to an aromatic ring is 1. The first-order valence-electron chi connectivity index (χ1n) is 5.94. The second-order valence-corrected chi connectivity index (χ2v) is 3.88. The molecular weight excluding hydrogens is 264 g/mol. The van der Waals surface area contributed by atoms with Gasteiger partial charge in [-0.2, -0.15) is 0 Å². The number of rotatable bonds is 7. The first-order valence-corrected chi connectivity index (χ1v) is 5.94. The van der Waals surface area contributed by atoms with Crippen LogP contribution in [0, 0.1) is 0 Å². The van der Waals surface area contributed by atoms with Crippen molar-refractivity contribution in [1.82, 2.24) is 5.32 Å². The number of amides is 1. The van der Waals surface area contributed by atoms with Crippen molar-refractivity contribution < 1.29 is 23.8 Å². The second-order valence-electron chi connectivity index (χ2n) is 3.88. The summed E-state index contributed by atoms with van der Waals surface area (Å²) in [6.45, 7) is 0.600. The summed E-state index contributed by atoms with van der Waals surface area (Å²) in [6.07, 6.45) is 0. The van der Waals surface area contributed by atoms with Gasteiger partial charge in [-0.25, -0.2) is 4.79 Å². The van der Waals surface area contributed by atoms with Gasteiger partial charge >= 0.3 is 5.97 Å². The molecule has 0 aromatic heterocycles. The molecule has 7 heteroatoms. The number of benzene rings is 1. The summed E-state index contributed by atoms with van der Waals surface area (Å²) in [6, 6.07) is 4.53. The minimum Gasteiger partial charge on any atom is -0.483 e. The Morgan fingerprint density at radius 2 is 2.05 bits per heavy atom. The van der Waals surface area contributed by atoms with Crippen LogP contribution in [0.5, 0.6) is 5.75 Å². The molecule has 0 aliphatic rings. The first-order chi connectivity index (χ1) is 9.58. The van der Waals surface area contributed by atoms with Crippen molar-refractivity contribution >= 4 is 17.6 Å². The van der Waals surface area contributed by atoms with Crippen LogP contribution < -0.4 is 15.8 Å². The van der Waals surface area contributed by atoms with Crippen LogP contribution in [0.2, 0.25) is 0 Å². The van der Waals surface area contributed by atoms with E-state index in [1.807, 2.05) is 0 Å². The number of nitrogens with two attached hydrogens (primary N) is 1. The van der Waals surface area contributed by atoms with Gasteiger partial charge in [-0.15, -0.1) is 0 Å². The molecule has 0 saturated carbocycles. The smallest absolute Gasteiger partial charge is 0.341 e. The van der Waals surface area contributed by atoms with E-state index in [-0.39, 0.29) is 23.8 Å². The van der Waals surface area contributed by atoms with Gasteiger partial charge in [-0.1, -0.05) is 0 Å². The molecule has 0 aliphatic heterocycles. The molecule has 0 heterocycles. The lowest BCUT2D eigenvalue weighted by Gasteiger charge is -2.11. The molecule has 0 saturated heterocycles. The number of nitrogens with one attached hydrogen (secondary N) is 1. The van der Waals surface area contributed by atoms with Crippen molar-refractivity contribution in [3.63, 3.8) is 0 Å². The van der Waals surface area contributed by atoms with Crippen LogP contribution in [0.15, 0.2) is 18.2 Å². The third-order valence-electron chi connectivity index (χ3n) is 2.40. The Morgan fingerprint density at radius 1 is 1.30 bits per heavy atom. The molecule has 1 rings (SSSR count). The van der Waals surface area contributed by atoms with Gasteiger partial charge in [-0.3, -0.25) is 4.79 Å². The molecular formula is C13H18N2O5. The van der Waals surface area contributed by atoms with Crippen molar-refractivity contribution in [3.8, 4) is 5.75 Å². The lowest BCUT2D eigenvalue weighted by atomic mass is 10.2. The Hall–Kier alpha value is -2.28. The summed E-state index contributed by atoms with van der Waals surface area (Å²) in [5.74, 6) is -0.644. The Kier molecular flexibility index (Phi) is 6.31. The Bertz CT molecular complexity index is 476. The van der Waals surface area contributed by atoms with E-state index in [2.05, 4.69) is 10.1 Å². The van der Waals surface area contributed by atoms with Crippen molar-refractivity contribution in [1.29, 1.82) is 0 Å². The van der Waals surface area contributed by atoms with Crippen LogP contribution in [-0.2, 0) is 14.3 Å². The number of hydrogen-bond acceptors (Lipinski definition) is 6. The van der Waals surface area contributed by atoms with Crippen LogP contribution in [0.25, 0.3) is 0 Å². The normalized spacial score (nSPS) is 9.90. The maximum atomic E-state index is 11.6. The highest BCUT2D eigenvalue weighted by molar-refractivity contribution is 5.93. The Morgan fingerprint density at radius 3 is 2.70 bits per heavy atom. The molecule has 0 spiro atoms. The highest BCUT2D eigenvalue weighted by Gasteiger charge is 2.14. The van der Waals surface area contributed by atoms with Crippen molar-refractivity contribution in [2.45, 2.75) is 0 Å². The zero-order valence-corrected chi connectivity index (χ0v) is 11.5. The van der Waals surface area contributed by atoms with Crippen LogP contribution in [-0.4, -0.2) is 45.9 Å². The third kappa shape index (κ3) is 4.77. The molecule has 110 valence electrons. The van der Waals surface area contributed by atoms with Gasteiger partial charge in [0.25, 0.3) is 5.91 Å². The van der Waals surface area contributed by atoms with Gasteiger partial charge in [0.15, 0.2) is 6.61 Å². The number of carbonyl (C=O) groups is 2. The molecule has 3 N–H and O–H groups in total. The lowest BCUT2D eigenvalue weighted by molar-refractivity contribution is -0.123. The van der Waals surface area contributed by atoms with Crippen LogP contribution in [0.3, 0.4) is 0 Å². The third-order valence-corrected chi connectivity index (χ3v) is 2.40. The fourth-order valence-electron chi connectivity index (χ4n) is 1.43. The molecule has 7 nitrogen and oxygen atoms in total. The van der Waals surface area contributed by atoms with Gasteiger partial charge in [0.05, 0.1) is 13.7 Å². The largest absolute Gasteiger partial charge is 0.483 e. The van der Waals surface area contributed by atoms with E-state index in [0.717, 1.165) is 0 Å². The summed E-state index contributed by atoms with van der Waals surface area (Å²) < 4.78 is 14.7. The molecule has 0 fully saturated rings. The molecule has 0 aliphatic carbocycles. The Labute approximate surface area is 117 Å². The number of methoxy groups -OCH3 is 2. The average molecular weight is 282 g/mol. The van der Waals surface area contributed by atoms with Gasteiger partial charge in [-0.05, 0) is 18.2 Å². The maximum Gasteiger partial charge on any atom is 0.341 e. The van der Waals surface area contributed by atoms with E-state index in [1.165, 1.54) is 19.2 Å². The molecule has 0 radical (unpaired) electrons. The number of carbonyl (C=O) groups excluding carboxylic acids is 2. The quantitative estimate of drug-likeness (QED) is 0.421. The minimum absolute atomic E-state index is 0.178. The summed E-state index contributed by atoms with van der Waals surface area (Å²) in [4.78, 5) is 23.0. The van der Waals surface area contributed by atoms with E-state index >= 15 is 0 Å². The van der Waals surface area contributed by atoms with Gasteiger partial charge in [0.1, 0.15) is 11.3 Å². The molecule has 1 amide bonds. The van der Waals surface area contributed by atoms with E-state index in [9.17, 15) is 9.59 Å². The average Bonchev–Trinajstić information content (AvgIpc) is 2.45.